The van der Waals surface area contributed by atoms with Crippen molar-refractivity contribution in [1.82, 2.24) is 18.9 Å². The second-order valence-corrected chi connectivity index (χ2v) is 13.9. The lowest BCUT2D eigenvalue weighted by atomic mass is 10.1. The van der Waals surface area contributed by atoms with Crippen LogP contribution in [0.5, 0.6) is 0 Å². The highest BCUT2D eigenvalue weighted by Crippen LogP contribution is 3.02. The summed E-state index contributed by atoms with van der Waals surface area (Å²) >= 11 is 0. The Labute approximate surface area is 227 Å². The minimum absolute atomic E-state index is 0.139. The number of piperidine rings is 1. The number of anilines is 1. The first-order chi connectivity index (χ1) is 18.6. The molecule has 2 aromatic heterocycles. The van der Waals surface area contributed by atoms with Crippen molar-refractivity contribution in [2.24, 2.45) is 0 Å². The second-order valence-electron chi connectivity index (χ2n) is 9.54. The summed E-state index contributed by atoms with van der Waals surface area (Å²) in [6.45, 7) is 0.675. The minimum atomic E-state index is -9.73. The molecule has 40 heavy (non-hydrogen) atoms. The molecule has 0 spiro atoms. The van der Waals surface area contributed by atoms with E-state index in [1.165, 1.54) is 4.31 Å². The van der Waals surface area contributed by atoms with E-state index in [1.807, 2.05) is 22.7 Å². The Morgan fingerprint density at radius 1 is 0.900 bits per heavy atom. The molecule has 5 rings (SSSR count). The van der Waals surface area contributed by atoms with Crippen molar-refractivity contribution in [3.8, 4) is 11.1 Å². The van der Waals surface area contributed by atoms with Crippen LogP contribution < -0.4 is 5.32 Å². The number of fused-ring (bicyclic) bond motifs is 1. The number of nitrogens with one attached hydrogen (secondary N) is 1. The van der Waals surface area contributed by atoms with Crippen molar-refractivity contribution in [2.75, 3.05) is 25.5 Å². The second kappa shape index (κ2) is 9.39. The van der Waals surface area contributed by atoms with Crippen LogP contribution in [0, 0.1) is 0 Å². The number of hydrogen-bond acceptors (Lipinski definition) is 6. The predicted octanol–water partition coefficient (Wildman–Crippen LogP) is 6.47. The van der Waals surface area contributed by atoms with Crippen molar-refractivity contribution in [3.63, 3.8) is 0 Å². The number of ether oxygens (including phenoxy) is 1. The molecule has 216 valence electrons. The summed E-state index contributed by atoms with van der Waals surface area (Å²) in [6, 6.07) is 12.6. The molecule has 0 saturated carbocycles. The van der Waals surface area contributed by atoms with Gasteiger partial charge in [-0.2, -0.15) is 4.31 Å². The third-order valence-electron chi connectivity index (χ3n) is 6.70. The van der Waals surface area contributed by atoms with Crippen LogP contribution in [0.3, 0.4) is 0 Å². The van der Waals surface area contributed by atoms with E-state index < -0.39 is 25.1 Å². The maximum absolute atomic E-state index is 13.2. The van der Waals surface area contributed by atoms with Gasteiger partial charge in [0.05, 0.1) is 4.90 Å². The molecule has 1 aliphatic heterocycles. The number of rotatable bonds is 8. The highest BCUT2D eigenvalue weighted by atomic mass is 32.5. The molecule has 1 saturated heterocycles. The molecule has 15 heteroatoms. The monoisotopic (exact) mass is 603 g/mol. The van der Waals surface area contributed by atoms with E-state index >= 15 is 0 Å². The highest BCUT2D eigenvalue weighted by molar-refractivity contribution is 8.45. The molecule has 1 N–H and O–H groups in total. The molecule has 0 radical (unpaired) electrons. The van der Waals surface area contributed by atoms with Crippen LogP contribution >= 0.6 is 10.2 Å². The van der Waals surface area contributed by atoms with Gasteiger partial charge in [-0.15, -0.1) is 10.2 Å². The number of benzene rings is 2. The van der Waals surface area contributed by atoms with Gasteiger partial charge in [0.15, 0.2) is 11.5 Å². The van der Waals surface area contributed by atoms with Gasteiger partial charge in [0, 0.05) is 38.1 Å². The number of methoxy groups -OCH3 is 1. The van der Waals surface area contributed by atoms with Crippen LogP contribution in [-0.2, 0) is 21.4 Å². The van der Waals surface area contributed by atoms with Crippen molar-refractivity contribution in [1.29, 1.82) is 0 Å². The predicted molar refractivity (Wildman–Crippen MR) is 142 cm³/mol. The Morgan fingerprint density at radius 2 is 1.52 bits per heavy atom. The average molecular weight is 604 g/mol. The lowest BCUT2D eigenvalue weighted by molar-refractivity contribution is 0.177. The molecule has 4 aromatic rings. The van der Waals surface area contributed by atoms with Gasteiger partial charge < -0.3 is 10.1 Å². The Bertz CT molecular complexity index is 1640. The smallest absolute Gasteiger partial charge is 0.310 e. The summed E-state index contributed by atoms with van der Waals surface area (Å²) in [5.41, 5.74) is 2.56. The van der Waals surface area contributed by atoms with Gasteiger partial charge >= 0.3 is 10.2 Å². The van der Waals surface area contributed by atoms with E-state index in [1.54, 1.807) is 31.4 Å². The van der Waals surface area contributed by atoms with E-state index in [2.05, 4.69) is 15.5 Å². The molecule has 2 aromatic carbocycles. The largest absolute Gasteiger partial charge is 0.382 e. The van der Waals surface area contributed by atoms with E-state index in [-0.39, 0.29) is 36.3 Å². The number of hydrogen-bond donors (Lipinski definition) is 1. The van der Waals surface area contributed by atoms with Crippen LogP contribution in [0.1, 0.15) is 18.7 Å². The minimum Gasteiger partial charge on any atom is -0.382 e. The first-order valence-electron chi connectivity index (χ1n) is 12.2. The molecule has 0 bridgehead atoms. The quantitative estimate of drug-likeness (QED) is 0.233. The Balaban J connectivity index is 1.23. The maximum atomic E-state index is 13.2. The molecule has 0 amide bonds. The zero-order valence-electron chi connectivity index (χ0n) is 21.2. The average Bonchev–Trinajstić information content (AvgIpc) is 3.30. The number of nitrogens with zero attached hydrogens (tertiary/aromatic N) is 4. The third kappa shape index (κ3) is 5.92. The van der Waals surface area contributed by atoms with Gasteiger partial charge in [0.2, 0.25) is 10.0 Å². The van der Waals surface area contributed by atoms with Crippen LogP contribution in [-0.4, -0.2) is 53.6 Å². The molecule has 1 fully saturated rings. The summed E-state index contributed by atoms with van der Waals surface area (Å²) < 4.78 is 99.5. The molecular formula is C25H26F5N5O3S2. The van der Waals surface area contributed by atoms with E-state index in [0.717, 1.165) is 23.3 Å². The molecular weight excluding hydrogens is 577 g/mol. The Hall–Kier alpha value is -3.27. The fourth-order valence-corrected chi connectivity index (χ4v) is 6.71. The van der Waals surface area contributed by atoms with Gasteiger partial charge in [-0.3, -0.25) is 4.40 Å². The van der Waals surface area contributed by atoms with Crippen LogP contribution in [0.15, 0.2) is 76.7 Å². The van der Waals surface area contributed by atoms with Crippen molar-refractivity contribution in [3.05, 3.63) is 72.7 Å². The van der Waals surface area contributed by atoms with Crippen molar-refractivity contribution >= 4 is 31.6 Å². The van der Waals surface area contributed by atoms with Gasteiger partial charge in [-0.05, 0) is 72.5 Å². The Morgan fingerprint density at radius 3 is 2.12 bits per heavy atom. The summed E-state index contributed by atoms with van der Waals surface area (Å²) in [4.78, 5) is -1.81. The number of sulfonamides is 1. The van der Waals surface area contributed by atoms with Gasteiger partial charge in [0.25, 0.3) is 0 Å². The van der Waals surface area contributed by atoms with E-state index in [0.29, 0.717) is 36.4 Å². The summed E-state index contributed by atoms with van der Waals surface area (Å²) in [6.07, 6.45) is 2.64. The van der Waals surface area contributed by atoms with Crippen molar-refractivity contribution < 1.29 is 32.6 Å². The maximum Gasteiger partial charge on any atom is 0.310 e. The van der Waals surface area contributed by atoms with Gasteiger partial charge in [-0.25, -0.2) is 8.42 Å². The van der Waals surface area contributed by atoms with Crippen LogP contribution in [0.4, 0.5) is 25.1 Å². The van der Waals surface area contributed by atoms with E-state index in [9.17, 15) is 27.8 Å². The first kappa shape index (κ1) is 28.3. The molecule has 0 aliphatic carbocycles. The fourth-order valence-electron chi connectivity index (χ4n) is 4.59. The van der Waals surface area contributed by atoms with Crippen molar-refractivity contribution in [2.45, 2.75) is 35.3 Å². The molecule has 0 atom stereocenters. The highest BCUT2D eigenvalue weighted by Gasteiger charge is 2.65. The summed E-state index contributed by atoms with van der Waals surface area (Å²) in [7, 11) is -11.9. The normalized spacial score (nSPS) is 17.4. The number of halogens is 5. The standard InChI is InChI=1S/C25H26F5N5O3S2/c1-38-17-25-33-32-24-11-4-19(16-35(24)25)18-2-7-22(8-3-18)39(36,37)34-14-12-21(13-15-34)31-20-5-9-23(10-6-20)40(26,27,28,29)30/h2-11,16,21,31H,12-15,17H2,1H3. The van der Waals surface area contributed by atoms with Crippen LogP contribution in [0.25, 0.3) is 16.8 Å². The topological polar surface area (TPSA) is 88.8 Å². The SMILES string of the molecule is COCc1nnc2ccc(-c3ccc(S(=O)(=O)N4CCC(Nc5ccc(S(F)(F)(F)(F)F)cc5)CC4)cc3)cn12. The van der Waals surface area contributed by atoms with Crippen LogP contribution in [0.2, 0.25) is 0 Å². The number of pyridine rings is 1. The first-order valence-corrected chi connectivity index (χ1v) is 15.6. The lowest BCUT2D eigenvalue weighted by Gasteiger charge is -2.40. The number of aromatic nitrogens is 3. The lowest BCUT2D eigenvalue weighted by Crippen LogP contribution is -2.42. The molecule has 1 aliphatic rings. The zero-order valence-corrected chi connectivity index (χ0v) is 22.8. The molecule has 8 nitrogen and oxygen atoms in total. The summed E-state index contributed by atoms with van der Waals surface area (Å²) in [5, 5.41) is 11.2. The van der Waals surface area contributed by atoms with Gasteiger partial charge in [-0.1, -0.05) is 31.6 Å². The fraction of sp³-hybridized carbons (Fsp3) is 0.280. The molecule has 3 heterocycles. The Kier molecular flexibility index (Phi) is 6.64. The third-order valence-corrected chi connectivity index (χ3v) is 9.77. The zero-order chi connectivity index (χ0) is 28.8. The van der Waals surface area contributed by atoms with E-state index in [4.69, 9.17) is 4.74 Å². The molecule has 0 unspecified atom stereocenters. The summed E-state index contributed by atoms with van der Waals surface area (Å²) in [5.74, 6) is 0.637. The van der Waals surface area contributed by atoms with Gasteiger partial charge in [0.1, 0.15) is 11.5 Å².